The highest BCUT2D eigenvalue weighted by Crippen LogP contribution is 2.46. The lowest BCUT2D eigenvalue weighted by molar-refractivity contribution is 1.15. The Morgan fingerprint density at radius 1 is 0.339 bits per heavy atom. The first kappa shape index (κ1) is 36.2. The zero-order valence-electron chi connectivity index (χ0n) is 34.0. The molecule has 12 rings (SSSR count). The third-order valence-corrected chi connectivity index (χ3v) is 13.6. The minimum Gasteiger partial charge on any atom is -0.228 e. The lowest BCUT2D eigenvalue weighted by Crippen LogP contribution is -2.01. The quantitative estimate of drug-likeness (QED) is 0.167. The number of benzene rings is 10. The number of rotatable bonds is 6. The van der Waals surface area contributed by atoms with E-state index >= 15 is 0 Å². The van der Waals surface area contributed by atoms with Crippen molar-refractivity contribution < 1.29 is 0 Å². The van der Waals surface area contributed by atoms with Crippen molar-refractivity contribution in [3.05, 3.63) is 218 Å². The summed E-state index contributed by atoms with van der Waals surface area (Å²) >= 11 is 1.86. The average molecular weight is 807 g/mol. The molecule has 2 heterocycles. The van der Waals surface area contributed by atoms with Crippen LogP contribution < -0.4 is 0 Å². The summed E-state index contributed by atoms with van der Waals surface area (Å²) in [6, 6.07) is 76.8. The number of thiophene rings is 1. The van der Waals surface area contributed by atoms with Gasteiger partial charge in [-0.1, -0.05) is 188 Å². The van der Waals surface area contributed by atoms with Crippen molar-refractivity contribution in [2.24, 2.45) is 0 Å². The monoisotopic (exact) mass is 806 g/mol. The maximum atomic E-state index is 5.52. The van der Waals surface area contributed by atoms with E-state index in [1.165, 1.54) is 74.9 Å². The summed E-state index contributed by atoms with van der Waals surface area (Å²) in [6.45, 7) is 2.17. The van der Waals surface area contributed by atoms with Crippen LogP contribution in [0.1, 0.15) is 5.56 Å². The predicted octanol–water partition coefficient (Wildman–Crippen LogP) is 16.6. The maximum Gasteiger partial charge on any atom is 0.161 e. The highest BCUT2D eigenvalue weighted by molar-refractivity contribution is 7.26. The Bertz CT molecular complexity index is 3700. The molecule has 62 heavy (non-hydrogen) atoms. The molecule has 2 aromatic heterocycles. The van der Waals surface area contributed by atoms with Crippen LogP contribution >= 0.6 is 11.3 Å². The standard InChI is InChI=1S/C59H38N2S/c1-37-56(47-20-11-19-45(34-47)38-13-3-2-4-14-38)60-59(61-57(37)48-32-28-40-16-6-8-18-44(40)35-48)53-36-54-55(51-22-10-9-21-50(51)53)52-24-12-23-49(58(52)62-54)42-29-25-41(26-30-42)46-31-27-39-15-5-7-17-43(39)33-46/h2-36H,1H3. The molecule has 0 aliphatic rings. The lowest BCUT2D eigenvalue weighted by atomic mass is 9.95. The molecule has 0 bridgehead atoms. The van der Waals surface area contributed by atoms with Crippen LogP contribution in [0.4, 0.5) is 0 Å². The molecule has 0 N–H and O–H groups in total. The molecule has 0 aliphatic carbocycles. The van der Waals surface area contributed by atoms with Crippen molar-refractivity contribution in [1.82, 2.24) is 9.97 Å². The largest absolute Gasteiger partial charge is 0.228 e. The van der Waals surface area contributed by atoms with Crippen LogP contribution in [0.15, 0.2) is 212 Å². The number of nitrogens with zero attached hydrogens (tertiary/aromatic N) is 2. The number of hydrogen-bond acceptors (Lipinski definition) is 3. The van der Waals surface area contributed by atoms with Crippen LogP contribution in [0, 0.1) is 6.92 Å². The zero-order valence-corrected chi connectivity index (χ0v) is 34.8. The van der Waals surface area contributed by atoms with Gasteiger partial charge in [0, 0.05) is 42.4 Å². The normalized spacial score (nSPS) is 11.6. The van der Waals surface area contributed by atoms with Crippen LogP contribution in [0.2, 0.25) is 0 Å². The van der Waals surface area contributed by atoms with Crippen molar-refractivity contribution in [2.75, 3.05) is 0 Å². The van der Waals surface area contributed by atoms with Gasteiger partial charge < -0.3 is 0 Å². The topological polar surface area (TPSA) is 25.8 Å². The summed E-state index contributed by atoms with van der Waals surface area (Å²) < 4.78 is 2.50. The van der Waals surface area contributed by atoms with Gasteiger partial charge in [-0.25, -0.2) is 9.97 Å². The van der Waals surface area contributed by atoms with Gasteiger partial charge in [0.1, 0.15) is 0 Å². The number of fused-ring (bicyclic) bond motifs is 7. The second kappa shape index (κ2) is 14.8. The highest BCUT2D eigenvalue weighted by Gasteiger charge is 2.21. The first-order chi connectivity index (χ1) is 30.6. The van der Waals surface area contributed by atoms with Crippen LogP contribution in [0.3, 0.4) is 0 Å². The van der Waals surface area contributed by atoms with Crippen molar-refractivity contribution >= 4 is 63.8 Å². The van der Waals surface area contributed by atoms with Crippen molar-refractivity contribution in [3.63, 3.8) is 0 Å². The first-order valence-electron chi connectivity index (χ1n) is 21.1. The third kappa shape index (κ3) is 6.17. The number of aromatic nitrogens is 2. The Morgan fingerprint density at radius 3 is 1.58 bits per heavy atom. The molecule has 0 fully saturated rings. The molecule has 3 heteroatoms. The molecule has 0 aliphatic heterocycles. The lowest BCUT2D eigenvalue weighted by Gasteiger charge is -2.16. The Morgan fingerprint density at radius 2 is 0.839 bits per heavy atom. The first-order valence-corrected chi connectivity index (χ1v) is 22.0. The molecule has 0 radical (unpaired) electrons. The Hall–Kier alpha value is -7.72. The summed E-state index contributed by atoms with van der Waals surface area (Å²) in [4.78, 5) is 11.0. The second-order valence-electron chi connectivity index (χ2n) is 16.1. The molecular formula is C59H38N2S. The fourth-order valence-corrected chi connectivity index (χ4v) is 10.6. The van der Waals surface area contributed by atoms with Gasteiger partial charge >= 0.3 is 0 Å². The molecule has 10 aromatic carbocycles. The molecule has 0 saturated carbocycles. The number of hydrogen-bond donors (Lipinski definition) is 0. The van der Waals surface area contributed by atoms with Gasteiger partial charge in [-0.2, -0.15) is 0 Å². The fourth-order valence-electron chi connectivity index (χ4n) is 9.30. The molecule has 2 nitrogen and oxygen atoms in total. The Balaban J connectivity index is 1.04. The summed E-state index contributed by atoms with van der Waals surface area (Å²) in [6.07, 6.45) is 0. The van der Waals surface area contributed by atoms with Crippen LogP contribution in [-0.4, -0.2) is 9.97 Å². The van der Waals surface area contributed by atoms with Crippen LogP contribution in [0.5, 0.6) is 0 Å². The van der Waals surface area contributed by atoms with E-state index in [9.17, 15) is 0 Å². The predicted molar refractivity (Wildman–Crippen MR) is 265 cm³/mol. The van der Waals surface area contributed by atoms with E-state index in [-0.39, 0.29) is 0 Å². The van der Waals surface area contributed by atoms with E-state index < -0.39 is 0 Å². The smallest absolute Gasteiger partial charge is 0.161 e. The Kier molecular flexibility index (Phi) is 8.62. The summed E-state index contributed by atoms with van der Waals surface area (Å²) in [5.74, 6) is 0.721. The van der Waals surface area contributed by atoms with Crippen molar-refractivity contribution in [3.8, 4) is 67.3 Å². The highest BCUT2D eigenvalue weighted by atomic mass is 32.1. The van der Waals surface area contributed by atoms with E-state index in [1.807, 2.05) is 11.3 Å². The van der Waals surface area contributed by atoms with Crippen LogP contribution in [-0.2, 0) is 0 Å². The van der Waals surface area contributed by atoms with Gasteiger partial charge in [0.05, 0.1) is 11.4 Å². The molecule has 0 unspecified atom stereocenters. The van der Waals surface area contributed by atoms with Crippen molar-refractivity contribution in [2.45, 2.75) is 6.92 Å². The third-order valence-electron chi connectivity index (χ3n) is 12.4. The summed E-state index contributed by atoms with van der Waals surface area (Å²) in [5.41, 5.74) is 13.3. The van der Waals surface area contributed by atoms with Gasteiger partial charge in [0.25, 0.3) is 0 Å². The van der Waals surface area contributed by atoms with Gasteiger partial charge in [-0.3, -0.25) is 0 Å². The average Bonchev–Trinajstić information content (AvgIpc) is 3.73. The SMILES string of the molecule is Cc1c(-c2cccc(-c3ccccc3)c2)nc(-c2cc3sc4c(-c5ccc(-c6ccc7ccccc7c6)cc5)cccc4c3c3ccccc23)nc1-c1ccc2ccccc2c1. The molecule has 0 amide bonds. The van der Waals surface area contributed by atoms with E-state index in [0.29, 0.717) is 0 Å². The molecular weight excluding hydrogens is 769 g/mol. The minimum atomic E-state index is 0.721. The molecule has 290 valence electrons. The van der Waals surface area contributed by atoms with Gasteiger partial charge in [0.15, 0.2) is 5.82 Å². The van der Waals surface area contributed by atoms with Gasteiger partial charge in [0.2, 0.25) is 0 Å². The molecule has 0 atom stereocenters. The fraction of sp³-hybridized carbons (Fsp3) is 0.0169. The van der Waals surface area contributed by atoms with Gasteiger partial charge in [-0.05, 0) is 96.9 Å². The molecule has 0 spiro atoms. The van der Waals surface area contributed by atoms with E-state index in [1.54, 1.807) is 0 Å². The van der Waals surface area contributed by atoms with Crippen LogP contribution in [0.25, 0.3) is 120 Å². The Labute approximate surface area is 364 Å². The summed E-state index contributed by atoms with van der Waals surface area (Å²) in [5, 5.41) is 9.80. The van der Waals surface area contributed by atoms with Crippen molar-refractivity contribution in [1.29, 1.82) is 0 Å². The van der Waals surface area contributed by atoms with E-state index in [4.69, 9.17) is 9.97 Å². The second-order valence-corrected chi connectivity index (χ2v) is 17.2. The molecule has 0 saturated heterocycles. The van der Waals surface area contributed by atoms with E-state index in [2.05, 4.69) is 219 Å². The summed E-state index contributed by atoms with van der Waals surface area (Å²) in [7, 11) is 0. The van der Waals surface area contributed by atoms with Gasteiger partial charge in [-0.15, -0.1) is 11.3 Å². The zero-order chi connectivity index (χ0) is 41.1. The molecule has 12 aromatic rings. The van der Waals surface area contributed by atoms with E-state index in [0.717, 1.165) is 50.4 Å². The maximum absolute atomic E-state index is 5.52. The minimum absolute atomic E-state index is 0.721.